The molecule has 0 saturated heterocycles. The van der Waals surface area contributed by atoms with Crippen LogP contribution in [0.5, 0.6) is 0 Å². The van der Waals surface area contributed by atoms with E-state index in [1.54, 1.807) is 23.1 Å². The normalized spacial score (nSPS) is 10.5. The van der Waals surface area contributed by atoms with Crippen molar-refractivity contribution < 1.29 is 8.78 Å². The standard InChI is InChI=1S/C14H13ClF2N2/c1-2-19(12-5-3-11(16)4-6-12)14-13(17)10(9-15)7-8-18-14/h3-8H,2,9H2,1H3. The van der Waals surface area contributed by atoms with Crippen molar-refractivity contribution in [3.05, 3.63) is 53.7 Å². The Labute approximate surface area is 115 Å². The van der Waals surface area contributed by atoms with Gasteiger partial charge in [0.05, 0.1) is 5.88 Å². The van der Waals surface area contributed by atoms with Gasteiger partial charge in [0.15, 0.2) is 11.6 Å². The summed E-state index contributed by atoms with van der Waals surface area (Å²) in [6, 6.07) is 7.40. The summed E-state index contributed by atoms with van der Waals surface area (Å²) in [6.45, 7) is 2.39. The Hall–Kier alpha value is -1.68. The van der Waals surface area contributed by atoms with Gasteiger partial charge in [-0.1, -0.05) is 0 Å². The number of pyridine rings is 1. The fourth-order valence-electron chi connectivity index (χ4n) is 1.84. The van der Waals surface area contributed by atoms with Gasteiger partial charge in [0.1, 0.15) is 5.82 Å². The minimum absolute atomic E-state index is 0.0856. The molecule has 0 atom stereocenters. The van der Waals surface area contributed by atoms with E-state index in [4.69, 9.17) is 11.6 Å². The second-order valence-corrected chi connectivity index (χ2v) is 4.23. The average molecular weight is 283 g/mol. The first kappa shape index (κ1) is 13.7. The highest BCUT2D eigenvalue weighted by Crippen LogP contribution is 2.27. The first-order valence-corrected chi connectivity index (χ1v) is 6.43. The van der Waals surface area contributed by atoms with Gasteiger partial charge in [-0.05, 0) is 37.3 Å². The van der Waals surface area contributed by atoms with Crippen LogP contribution >= 0.6 is 11.6 Å². The molecule has 0 unspecified atom stereocenters. The Morgan fingerprint density at radius 3 is 2.42 bits per heavy atom. The quantitative estimate of drug-likeness (QED) is 0.779. The van der Waals surface area contributed by atoms with E-state index in [9.17, 15) is 8.78 Å². The van der Waals surface area contributed by atoms with Crippen LogP contribution < -0.4 is 4.90 Å². The van der Waals surface area contributed by atoms with Crippen molar-refractivity contribution in [2.45, 2.75) is 12.8 Å². The fourth-order valence-corrected chi connectivity index (χ4v) is 2.04. The average Bonchev–Trinajstić information content (AvgIpc) is 2.43. The van der Waals surface area contributed by atoms with Crippen molar-refractivity contribution in [3.63, 3.8) is 0 Å². The van der Waals surface area contributed by atoms with E-state index >= 15 is 0 Å². The number of rotatable bonds is 4. The molecule has 0 radical (unpaired) electrons. The molecule has 5 heteroatoms. The molecule has 2 nitrogen and oxygen atoms in total. The number of hydrogen-bond donors (Lipinski definition) is 0. The lowest BCUT2D eigenvalue weighted by molar-refractivity contribution is 0.608. The zero-order valence-electron chi connectivity index (χ0n) is 10.4. The van der Waals surface area contributed by atoms with Crippen LogP contribution in [-0.2, 0) is 5.88 Å². The van der Waals surface area contributed by atoms with Crippen molar-refractivity contribution in [2.75, 3.05) is 11.4 Å². The molecule has 0 aliphatic heterocycles. The summed E-state index contributed by atoms with van der Waals surface area (Å²) in [7, 11) is 0. The maximum atomic E-state index is 14.2. The number of benzene rings is 1. The Morgan fingerprint density at radius 1 is 1.16 bits per heavy atom. The molecule has 0 bridgehead atoms. The van der Waals surface area contributed by atoms with Gasteiger partial charge < -0.3 is 4.90 Å². The van der Waals surface area contributed by atoms with E-state index in [1.165, 1.54) is 18.3 Å². The van der Waals surface area contributed by atoms with E-state index in [-0.39, 0.29) is 17.5 Å². The predicted molar refractivity (Wildman–Crippen MR) is 72.8 cm³/mol. The number of halogens is 3. The van der Waals surface area contributed by atoms with E-state index in [0.717, 1.165) is 0 Å². The van der Waals surface area contributed by atoms with Gasteiger partial charge in [-0.3, -0.25) is 0 Å². The highest BCUT2D eigenvalue weighted by atomic mass is 35.5. The molecule has 100 valence electrons. The lowest BCUT2D eigenvalue weighted by Crippen LogP contribution is -2.19. The van der Waals surface area contributed by atoms with Crippen LogP contribution in [0.15, 0.2) is 36.5 Å². The molecule has 0 aliphatic rings. The zero-order valence-corrected chi connectivity index (χ0v) is 11.2. The number of hydrogen-bond acceptors (Lipinski definition) is 2. The van der Waals surface area contributed by atoms with Crippen LogP contribution in [0.25, 0.3) is 0 Å². The van der Waals surface area contributed by atoms with Crippen LogP contribution in [0.2, 0.25) is 0 Å². The summed E-state index contributed by atoms with van der Waals surface area (Å²) in [5.74, 6) is -0.485. The number of nitrogens with zero attached hydrogens (tertiary/aromatic N) is 2. The van der Waals surface area contributed by atoms with Gasteiger partial charge in [-0.25, -0.2) is 13.8 Å². The van der Waals surface area contributed by atoms with Crippen LogP contribution in [0, 0.1) is 11.6 Å². The fraction of sp³-hybridized carbons (Fsp3) is 0.214. The molecule has 0 aliphatic carbocycles. The smallest absolute Gasteiger partial charge is 0.170 e. The van der Waals surface area contributed by atoms with Gasteiger partial charge in [-0.2, -0.15) is 0 Å². The van der Waals surface area contributed by atoms with Crippen molar-refractivity contribution in [3.8, 4) is 0 Å². The molecule has 0 spiro atoms. The Balaban J connectivity index is 2.45. The van der Waals surface area contributed by atoms with Crippen molar-refractivity contribution in [2.24, 2.45) is 0 Å². The maximum Gasteiger partial charge on any atom is 0.170 e. The SMILES string of the molecule is CCN(c1ccc(F)cc1)c1nccc(CCl)c1F. The third-order valence-electron chi connectivity index (χ3n) is 2.80. The summed E-state index contributed by atoms with van der Waals surface area (Å²) in [5, 5.41) is 0. The number of anilines is 2. The molecule has 2 rings (SSSR count). The van der Waals surface area contributed by atoms with Gasteiger partial charge in [0.2, 0.25) is 0 Å². The summed E-state index contributed by atoms with van der Waals surface area (Å²) in [6.07, 6.45) is 1.52. The van der Waals surface area contributed by atoms with E-state index in [1.807, 2.05) is 6.92 Å². The molecule has 19 heavy (non-hydrogen) atoms. The van der Waals surface area contributed by atoms with E-state index < -0.39 is 5.82 Å². The van der Waals surface area contributed by atoms with E-state index in [2.05, 4.69) is 4.98 Å². The molecule has 0 saturated carbocycles. The zero-order chi connectivity index (χ0) is 13.8. The van der Waals surface area contributed by atoms with Crippen LogP contribution in [0.1, 0.15) is 12.5 Å². The molecule has 0 N–H and O–H groups in total. The van der Waals surface area contributed by atoms with Crippen molar-refractivity contribution in [1.29, 1.82) is 0 Å². The summed E-state index contributed by atoms with van der Waals surface area (Å²) < 4.78 is 27.1. The van der Waals surface area contributed by atoms with E-state index in [0.29, 0.717) is 17.8 Å². The molecule has 1 aromatic carbocycles. The van der Waals surface area contributed by atoms with Crippen molar-refractivity contribution >= 4 is 23.1 Å². The van der Waals surface area contributed by atoms with Gasteiger partial charge in [-0.15, -0.1) is 11.6 Å². The van der Waals surface area contributed by atoms with Crippen LogP contribution in [0.4, 0.5) is 20.3 Å². The largest absolute Gasteiger partial charge is 0.324 e. The minimum Gasteiger partial charge on any atom is -0.324 e. The highest BCUT2D eigenvalue weighted by molar-refractivity contribution is 6.17. The molecule has 1 aromatic heterocycles. The topological polar surface area (TPSA) is 16.1 Å². The Bertz CT molecular complexity index is 558. The Morgan fingerprint density at radius 2 is 1.84 bits per heavy atom. The second-order valence-electron chi connectivity index (χ2n) is 3.96. The van der Waals surface area contributed by atoms with Crippen molar-refractivity contribution in [1.82, 2.24) is 4.98 Å². The van der Waals surface area contributed by atoms with Crippen LogP contribution in [-0.4, -0.2) is 11.5 Å². The lowest BCUT2D eigenvalue weighted by Gasteiger charge is -2.23. The number of aromatic nitrogens is 1. The maximum absolute atomic E-state index is 14.2. The summed E-state index contributed by atoms with van der Waals surface area (Å²) >= 11 is 5.68. The molecule has 1 heterocycles. The first-order chi connectivity index (χ1) is 9.17. The second kappa shape index (κ2) is 5.97. The van der Waals surface area contributed by atoms with Gasteiger partial charge >= 0.3 is 0 Å². The first-order valence-electron chi connectivity index (χ1n) is 5.89. The summed E-state index contributed by atoms with van der Waals surface area (Å²) in [4.78, 5) is 5.73. The molecular formula is C14H13ClF2N2. The monoisotopic (exact) mass is 282 g/mol. The molecular weight excluding hydrogens is 270 g/mol. The molecule has 0 amide bonds. The van der Waals surface area contributed by atoms with Gasteiger partial charge in [0.25, 0.3) is 0 Å². The highest BCUT2D eigenvalue weighted by Gasteiger charge is 2.16. The Kier molecular flexibility index (Phi) is 4.32. The third kappa shape index (κ3) is 2.84. The molecule has 2 aromatic rings. The summed E-state index contributed by atoms with van der Waals surface area (Å²) in [5.41, 5.74) is 1.08. The number of alkyl halides is 1. The molecule has 0 fully saturated rings. The lowest BCUT2D eigenvalue weighted by atomic mass is 10.2. The minimum atomic E-state index is -0.441. The third-order valence-corrected chi connectivity index (χ3v) is 3.09. The predicted octanol–water partition coefficient (Wildman–Crippen LogP) is 4.26. The van der Waals surface area contributed by atoms with Gasteiger partial charge in [0, 0.05) is 24.0 Å². The van der Waals surface area contributed by atoms with Crippen LogP contribution in [0.3, 0.4) is 0 Å².